The minimum absolute atomic E-state index is 0.0508. The normalized spacial score (nSPS) is 10.5. The summed E-state index contributed by atoms with van der Waals surface area (Å²) in [5.41, 5.74) is 10.9. The van der Waals surface area contributed by atoms with Crippen molar-refractivity contribution in [1.82, 2.24) is 0 Å². The van der Waals surface area contributed by atoms with Crippen molar-refractivity contribution in [3.63, 3.8) is 0 Å². The van der Waals surface area contributed by atoms with Crippen LogP contribution in [0.2, 0.25) is 0 Å². The zero-order valence-corrected chi connectivity index (χ0v) is 11.5. The fourth-order valence-corrected chi connectivity index (χ4v) is 2.25. The maximum atomic E-state index is 9.54. The Labute approximate surface area is 113 Å². The number of ether oxygens (including phenoxy) is 1. The molecule has 0 spiro atoms. The summed E-state index contributed by atoms with van der Waals surface area (Å²) in [4.78, 5) is 0. The summed E-state index contributed by atoms with van der Waals surface area (Å²) in [7, 11) is 0. The van der Waals surface area contributed by atoms with Crippen molar-refractivity contribution < 1.29 is 9.84 Å². The molecule has 3 heteroatoms. The van der Waals surface area contributed by atoms with Crippen molar-refractivity contribution in [3.8, 4) is 11.5 Å². The lowest BCUT2D eigenvalue weighted by atomic mass is 10.0. The van der Waals surface area contributed by atoms with E-state index in [4.69, 9.17) is 10.5 Å². The maximum Gasteiger partial charge on any atom is 0.146 e. The molecule has 19 heavy (non-hydrogen) atoms. The highest BCUT2D eigenvalue weighted by atomic mass is 16.5. The Morgan fingerprint density at radius 1 is 1.11 bits per heavy atom. The lowest BCUT2D eigenvalue weighted by molar-refractivity contribution is 0.305. The van der Waals surface area contributed by atoms with Gasteiger partial charge >= 0.3 is 0 Å². The van der Waals surface area contributed by atoms with Crippen LogP contribution < -0.4 is 10.5 Å². The first-order valence-electron chi connectivity index (χ1n) is 6.26. The van der Waals surface area contributed by atoms with Gasteiger partial charge in [0.1, 0.15) is 23.8 Å². The average molecular weight is 257 g/mol. The van der Waals surface area contributed by atoms with Crippen molar-refractivity contribution in [2.45, 2.75) is 27.4 Å². The number of benzene rings is 2. The molecule has 0 unspecified atom stereocenters. The van der Waals surface area contributed by atoms with Crippen molar-refractivity contribution in [1.29, 1.82) is 0 Å². The molecule has 0 saturated heterocycles. The van der Waals surface area contributed by atoms with E-state index in [0.717, 1.165) is 5.56 Å². The lowest BCUT2D eigenvalue weighted by Gasteiger charge is -2.14. The quantitative estimate of drug-likeness (QED) is 0.654. The number of aryl methyl sites for hydroxylation is 3. The van der Waals surface area contributed by atoms with Crippen LogP contribution in [0.15, 0.2) is 30.3 Å². The van der Waals surface area contributed by atoms with Gasteiger partial charge in [-0.15, -0.1) is 0 Å². The highest BCUT2D eigenvalue weighted by Crippen LogP contribution is 2.31. The lowest BCUT2D eigenvalue weighted by Crippen LogP contribution is -2.03. The number of hydrogen-bond acceptors (Lipinski definition) is 3. The molecule has 100 valence electrons. The van der Waals surface area contributed by atoms with E-state index in [9.17, 15) is 5.11 Å². The molecule has 2 aromatic carbocycles. The molecule has 0 aliphatic carbocycles. The summed E-state index contributed by atoms with van der Waals surface area (Å²) in [5.74, 6) is 0.564. The van der Waals surface area contributed by atoms with Gasteiger partial charge < -0.3 is 15.6 Å². The highest BCUT2D eigenvalue weighted by molar-refractivity contribution is 5.61. The third-order valence-electron chi connectivity index (χ3n) is 3.26. The number of phenols is 1. The molecule has 0 saturated carbocycles. The van der Waals surface area contributed by atoms with Crippen LogP contribution in [-0.4, -0.2) is 5.11 Å². The number of phenolic OH excluding ortho intramolecular Hbond substituents is 1. The van der Waals surface area contributed by atoms with Crippen LogP contribution in [-0.2, 0) is 6.61 Å². The van der Waals surface area contributed by atoms with Crippen molar-refractivity contribution >= 4 is 5.69 Å². The second-order valence-electron chi connectivity index (χ2n) is 4.85. The van der Waals surface area contributed by atoms with Crippen LogP contribution in [0.1, 0.15) is 22.3 Å². The Balaban J connectivity index is 2.22. The second kappa shape index (κ2) is 5.22. The van der Waals surface area contributed by atoms with Gasteiger partial charge in [0.25, 0.3) is 0 Å². The van der Waals surface area contributed by atoms with Crippen molar-refractivity contribution in [3.05, 3.63) is 52.6 Å². The molecule has 0 aliphatic heterocycles. The minimum Gasteiger partial charge on any atom is -0.506 e. The molecule has 2 rings (SSSR count). The predicted octanol–water partition coefficient (Wildman–Crippen LogP) is 3.48. The SMILES string of the molecule is Cc1cc(C)c(COc2cccc(O)c2N)c(C)c1. The van der Waals surface area contributed by atoms with Gasteiger partial charge in [0.15, 0.2) is 0 Å². The summed E-state index contributed by atoms with van der Waals surface area (Å²) in [6.45, 7) is 6.68. The van der Waals surface area contributed by atoms with E-state index in [1.807, 2.05) is 0 Å². The van der Waals surface area contributed by atoms with Crippen molar-refractivity contribution in [2.75, 3.05) is 5.73 Å². The largest absolute Gasteiger partial charge is 0.506 e. The van der Waals surface area contributed by atoms with Gasteiger partial charge in [0.2, 0.25) is 0 Å². The zero-order valence-electron chi connectivity index (χ0n) is 11.5. The summed E-state index contributed by atoms with van der Waals surface area (Å²) >= 11 is 0. The van der Waals surface area contributed by atoms with E-state index in [1.165, 1.54) is 16.7 Å². The average Bonchev–Trinajstić information content (AvgIpc) is 2.33. The Morgan fingerprint density at radius 2 is 1.74 bits per heavy atom. The Hall–Kier alpha value is -2.16. The Morgan fingerprint density at radius 3 is 2.37 bits per heavy atom. The molecule has 3 N–H and O–H groups in total. The molecule has 3 nitrogen and oxygen atoms in total. The van der Waals surface area contributed by atoms with Crippen LogP contribution in [0, 0.1) is 20.8 Å². The van der Waals surface area contributed by atoms with E-state index < -0.39 is 0 Å². The Kier molecular flexibility index (Phi) is 3.65. The monoisotopic (exact) mass is 257 g/mol. The zero-order chi connectivity index (χ0) is 14.0. The fourth-order valence-electron chi connectivity index (χ4n) is 2.25. The smallest absolute Gasteiger partial charge is 0.146 e. The van der Waals surface area contributed by atoms with E-state index in [0.29, 0.717) is 12.4 Å². The number of aromatic hydroxyl groups is 1. The van der Waals surface area contributed by atoms with Gasteiger partial charge in [0, 0.05) is 0 Å². The van der Waals surface area contributed by atoms with E-state index in [-0.39, 0.29) is 11.4 Å². The third kappa shape index (κ3) is 2.81. The Bertz CT molecular complexity index is 583. The van der Waals surface area contributed by atoms with Crippen LogP contribution in [0.3, 0.4) is 0 Å². The molecule has 0 aliphatic rings. The molecule has 0 fully saturated rings. The summed E-state index contributed by atoms with van der Waals surface area (Å²) in [6, 6.07) is 9.30. The van der Waals surface area contributed by atoms with Gasteiger partial charge in [-0.3, -0.25) is 0 Å². The number of rotatable bonds is 3. The fraction of sp³-hybridized carbons (Fsp3) is 0.250. The van der Waals surface area contributed by atoms with Gasteiger partial charge in [-0.25, -0.2) is 0 Å². The van der Waals surface area contributed by atoms with Crippen molar-refractivity contribution in [2.24, 2.45) is 0 Å². The number of anilines is 1. The van der Waals surface area contributed by atoms with Crippen LogP contribution >= 0.6 is 0 Å². The van der Waals surface area contributed by atoms with Crippen LogP contribution in [0.25, 0.3) is 0 Å². The van der Waals surface area contributed by atoms with Gasteiger partial charge in [-0.05, 0) is 49.6 Å². The van der Waals surface area contributed by atoms with E-state index in [1.54, 1.807) is 18.2 Å². The molecule has 0 bridgehead atoms. The molecule has 0 radical (unpaired) electrons. The first-order chi connectivity index (χ1) is 8.99. The standard InChI is InChI=1S/C16H19NO2/c1-10-7-11(2)13(12(3)8-10)9-19-15-6-4-5-14(18)16(15)17/h4-8,18H,9,17H2,1-3H3. The summed E-state index contributed by atoms with van der Waals surface area (Å²) < 4.78 is 5.72. The molecule has 0 aromatic heterocycles. The van der Waals surface area contributed by atoms with Crippen LogP contribution in [0.4, 0.5) is 5.69 Å². The third-order valence-corrected chi connectivity index (χ3v) is 3.26. The summed E-state index contributed by atoms with van der Waals surface area (Å²) in [6.07, 6.45) is 0. The van der Waals surface area contributed by atoms with Gasteiger partial charge in [-0.1, -0.05) is 23.8 Å². The number of nitrogens with two attached hydrogens (primary N) is 1. The number of para-hydroxylation sites is 1. The first-order valence-corrected chi connectivity index (χ1v) is 6.26. The predicted molar refractivity (Wildman–Crippen MR) is 77.5 cm³/mol. The molecular formula is C16H19NO2. The number of hydrogen-bond donors (Lipinski definition) is 2. The molecule has 0 heterocycles. The van der Waals surface area contributed by atoms with E-state index in [2.05, 4.69) is 32.9 Å². The first kappa shape index (κ1) is 13.3. The molecule has 0 amide bonds. The molecule has 2 aromatic rings. The highest BCUT2D eigenvalue weighted by Gasteiger charge is 2.08. The van der Waals surface area contributed by atoms with Crippen LogP contribution in [0.5, 0.6) is 11.5 Å². The molecule has 0 atom stereocenters. The summed E-state index contributed by atoms with van der Waals surface area (Å²) in [5, 5.41) is 9.54. The molecular weight excluding hydrogens is 238 g/mol. The van der Waals surface area contributed by atoms with Gasteiger partial charge in [0.05, 0.1) is 0 Å². The topological polar surface area (TPSA) is 55.5 Å². The van der Waals surface area contributed by atoms with Gasteiger partial charge in [-0.2, -0.15) is 0 Å². The van der Waals surface area contributed by atoms with E-state index >= 15 is 0 Å². The second-order valence-corrected chi connectivity index (χ2v) is 4.85. The minimum atomic E-state index is 0.0508. The number of nitrogen functional groups attached to an aromatic ring is 1. The maximum absolute atomic E-state index is 9.54.